The lowest BCUT2D eigenvalue weighted by Gasteiger charge is -2.08. The van der Waals surface area contributed by atoms with Gasteiger partial charge in [-0.25, -0.2) is 9.97 Å². The van der Waals surface area contributed by atoms with Crippen molar-refractivity contribution in [1.29, 1.82) is 0 Å². The minimum Gasteiger partial charge on any atom is -0.497 e. The molecule has 1 heterocycles. The predicted octanol–water partition coefficient (Wildman–Crippen LogP) is 3.08. The number of hydrogen-bond donors (Lipinski definition) is 1. The molecule has 0 radical (unpaired) electrons. The van der Waals surface area contributed by atoms with Crippen LogP contribution in [0.25, 0.3) is 0 Å². The van der Waals surface area contributed by atoms with E-state index in [1.807, 2.05) is 18.2 Å². The Balaban J connectivity index is 2.22. The van der Waals surface area contributed by atoms with Crippen molar-refractivity contribution >= 4 is 21.7 Å². The second-order valence-corrected chi connectivity index (χ2v) is 4.24. The van der Waals surface area contributed by atoms with E-state index >= 15 is 0 Å². The molecule has 5 nitrogen and oxygen atoms in total. The summed E-state index contributed by atoms with van der Waals surface area (Å²) in [6.07, 6.45) is 1.44. The Morgan fingerprint density at radius 3 is 2.72 bits per heavy atom. The number of rotatable bonds is 4. The Morgan fingerprint density at radius 2 is 2.06 bits per heavy atom. The second kappa shape index (κ2) is 5.68. The molecule has 1 aromatic carbocycles. The number of aromatic nitrogens is 2. The molecule has 6 heteroatoms. The SMILES string of the molecule is CNc1cc(Oc2ccc(OC)cc2Br)ncn1. The second-order valence-electron chi connectivity index (χ2n) is 3.39. The molecular formula is C12H12BrN3O2. The predicted molar refractivity (Wildman–Crippen MR) is 72.3 cm³/mol. The average molecular weight is 310 g/mol. The molecule has 0 aliphatic rings. The van der Waals surface area contributed by atoms with E-state index in [-0.39, 0.29) is 0 Å². The van der Waals surface area contributed by atoms with E-state index in [0.717, 1.165) is 10.2 Å². The van der Waals surface area contributed by atoms with Crippen molar-refractivity contribution in [2.24, 2.45) is 0 Å². The van der Waals surface area contributed by atoms with Gasteiger partial charge < -0.3 is 14.8 Å². The summed E-state index contributed by atoms with van der Waals surface area (Å²) >= 11 is 3.42. The summed E-state index contributed by atoms with van der Waals surface area (Å²) in [7, 11) is 3.40. The van der Waals surface area contributed by atoms with E-state index in [1.165, 1.54) is 6.33 Å². The molecule has 0 fully saturated rings. The van der Waals surface area contributed by atoms with Crippen LogP contribution in [0.1, 0.15) is 0 Å². The third-order valence-corrected chi connectivity index (χ3v) is 2.87. The van der Waals surface area contributed by atoms with Crippen LogP contribution in [0.5, 0.6) is 17.4 Å². The topological polar surface area (TPSA) is 56.3 Å². The van der Waals surface area contributed by atoms with Crippen LogP contribution in [-0.4, -0.2) is 24.1 Å². The maximum Gasteiger partial charge on any atom is 0.224 e. The van der Waals surface area contributed by atoms with Gasteiger partial charge in [-0.2, -0.15) is 0 Å². The fraction of sp³-hybridized carbons (Fsp3) is 0.167. The summed E-state index contributed by atoms with van der Waals surface area (Å²) in [4.78, 5) is 8.06. The number of ether oxygens (including phenoxy) is 2. The first-order valence-corrected chi connectivity index (χ1v) is 6.03. The number of methoxy groups -OCH3 is 1. The average Bonchev–Trinajstić information content (AvgIpc) is 2.41. The Morgan fingerprint density at radius 1 is 1.22 bits per heavy atom. The molecule has 0 aliphatic carbocycles. The number of nitrogens with one attached hydrogen (secondary N) is 1. The third kappa shape index (κ3) is 2.89. The van der Waals surface area contributed by atoms with Crippen molar-refractivity contribution in [3.05, 3.63) is 35.1 Å². The van der Waals surface area contributed by atoms with E-state index in [4.69, 9.17) is 9.47 Å². The molecule has 0 atom stereocenters. The number of anilines is 1. The van der Waals surface area contributed by atoms with Crippen molar-refractivity contribution in [1.82, 2.24) is 9.97 Å². The van der Waals surface area contributed by atoms with Crippen LogP contribution >= 0.6 is 15.9 Å². The minimum atomic E-state index is 0.472. The molecule has 0 saturated carbocycles. The quantitative estimate of drug-likeness (QED) is 0.940. The number of benzene rings is 1. The van der Waals surface area contributed by atoms with Crippen LogP contribution in [0.3, 0.4) is 0 Å². The zero-order valence-electron chi connectivity index (χ0n) is 9.98. The highest BCUT2D eigenvalue weighted by Crippen LogP contribution is 2.32. The zero-order chi connectivity index (χ0) is 13.0. The van der Waals surface area contributed by atoms with E-state index in [9.17, 15) is 0 Å². The van der Waals surface area contributed by atoms with Gasteiger partial charge in [-0.05, 0) is 34.1 Å². The molecule has 0 spiro atoms. The summed E-state index contributed by atoms with van der Waals surface area (Å²) in [6.45, 7) is 0. The van der Waals surface area contributed by atoms with Crippen molar-refractivity contribution in [3.63, 3.8) is 0 Å². The van der Waals surface area contributed by atoms with Gasteiger partial charge in [-0.3, -0.25) is 0 Å². The van der Waals surface area contributed by atoms with Gasteiger partial charge in [0.25, 0.3) is 0 Å². The highest BCUT2D eigenvalue weighted by Gasteiger charge is 2.06. The summed E-state index contributed by atoms with van der Waals surface area (Å²) in [5.41, 5.74) is 0. The Hall–Kier alpha value is -1.82. The number of halogens is 1. The Labute approximate surface area is 113 Å². The third-order valence-electron chi connectivity index (χ3n) is 2.25. The normalized spacial score (nSPS) is 9.94. The van der Waals surface area contributed by atoms with Gasteiger partial charge in [0.1, 0.15) is 23.6 Å². The first kappa shape index (κ1) is 12.6. The van der Waals surface area contributed by atoms with Gasteiger partial charge in [0.15, 0.2) is 0 Å². The van der Waals surface area contributed by atoms with Crippen LogP contribution < -0.4 is 14.8 Å². The van der Waals surface area contributed by atoms with Crippen molar-refractivity contribution in [2.45, 2.75) is 0 Å². The van der Waals surface area contributed by atoms with Gasteiger partial charge in [-0.15, -0.1) is 0 Å². The summed E-state index contributed by atoms with van der Waals surface area (Å²) in [5.74, 6) is 2.59. The molecule has 0 amide bonds. The molecule has 0 unspecified atom stereocenters. The number of hydrogen-bond acceptors (Lipinski definition) is 5. The van der Waals surface area contributed by atoms with Gasteiger partial charge >= 0.3 is 0 Å². The van der Waals surface area contributed by atoms with Gasteiger partial charge in [0, 0.05) is 13.1 Å². The van der Waals surface area contributed by atoms with Gasteiger partial charge in [0.05, 0.1) is 11.6 Å². The Kier molecular flexibility index (Phi) is 3.99. The minimum absolute atomic E-state index is 0.472. The molecule has 2 rings (SSSR count). The van der Waals surface area contributed by atoms with Crippen molar-refractivity contribution < 1.29 is 9.47 Å². The monoisotopic (exact) mass is 309 g/mol. The van der Waals surface area contributed by atoms with Gasteiger partial charge in [0.2, 0.25) is 5.88 Å². The fourth-order valence-corrected chi connectivity index (χ4v) is 1.77. The van der Waals surface area contributed by atoms with Crippen LogP contribution in [-0.2, 0) is 0 Å². The first-order valence-electron chi connectivity index (χ1n) is 5.24. The van der Waals surface area contributed by atoms with E-state index in [2.05, 4.69) is 31.2 Å². The standard InChI is InChI=1S/C12H12BrN3O2/c1-14-11-6-12(16-7-15-11)18-10-4-3-8(17-2)5-9(10)13/h3-7H,1-2H3,(H,14,15,16). The van der Waals surface area contributed by atoms with E-state index in [0.29, 0.717) is 17.4 Å². The van der Waals surface area contributed by atoms with Gasteiger partial charge in [-0.1, -0.05) is 0 Å². The highest BCUT2D eigenvalue weighted by atomic mass is 79.9. The summed E-state index contributed by atoms with van der Waals surface area (Å²) in [5, 5.41) is 2.92. The largest absolute Gasteiger partial charge is 0.497 e. The van der Waals surface area contributed by atoms with Crippen LogP contribution in [0.4, 0.5) is 5.82 Å². The molecular weight excluding hydrogens is 298 g/mol. The summed E-state index contributed by atoms with van der Waals surface area (Å²) < 4.78 is 11.6. The Bertz CT molecular complexity index is 549. The lowest BCUT2D eigenvalue weighted by Crippen LogP contribution is -1.95. The molecule has 1 aromatic heterocycles. The van der Waals surface area contributed by atoms with Crippen molar-refractivity contribution in [2.75, 3.05) is 19.5 Å². The fourth-order valence-electron chi connectivity index (χ4n) is 1.34. The van der Waals surface area contributed by atoms with Crippen LogP contribution in [0.2, 0.25) is 0 Å². The maximum atomic E-state index is 5.66. The smallest absolute Gasteiger partial charge is 0.224 e. The molecule has 2 aromatic rings. The molecule has 18 heavy (non-hydrogen) atoms. The molecule has 1 N–H and O–H groups in total. The summed E-state index contributed by atoms with van der Waals surface area (Å²) in [6, 6.07) is 7.18. The maximum absolute atomic E-state index is 5.66. The van der Waals surface area contributed by atoms with Crippen LogP contribution in [0.15, 0.2) is 35.1 Å². The molecule has 0 aliphatic heterocycles. The van der Waals surface area contributed by atoms with E-state index in [1.54, 1.807) is 20.2 Å². The lowest BCUT2D eigenvalue weighted by atomic mass is 10.3. The number of nitrogens with zero attached hydrogens (tertiary/aromatic N) is 2. The van der Waals surface area contributed by atoms with Crippen molar-refractivity contribution in [3.8, 4) is 17.4 Å². The molecule has 0 bridgehead atoms. The highest BCUT2D eigenvalue weighted by molar-refractivity contribution is 9.10. The molecule has 94 valence electrons. The first-order chi connectivity index (χ1) is 8.72. The van der Waals surface area contributed by atoms with Crippen LogP contribution in [0, 0.1) is 0 Å². The van der Waals surface area contributed by atoms with E-state index < -0.39 is 0 Å². The lowest BCUT2D eigenvalue weighted by molar-refractivity contribution is 0.411. The molecule has 0 saturated heterocycles. The zero-order valence-corrected chi connectivity index (χ0v) is 11.6.